The van der Waals surface area contributed by atoms with Crippen LogP contribution in [0.4, 0.5) is 5.13 Å². The van der Waals surface area contributed by atoms with Gasteiger partial charge in [0.2, 0.25) is 0 Å². The first-order valence-corrected chi connectivity index (χ1v) is 8.37. The Morgan fingerprint density at radius 1 is 1.35 bits per heavy atom. The van der Waals surface area contributed by atoms with Crippen LogP contribution in [0.3, 0.4) is 0 Å². The molecule has 7 nitrogen and oxygen atoms in total. The van der Waals surface area contributed by atoms with Gasteiger partial charge in [0.25, 0.3) is 0 Å². The van der Waals surface area contributed by atoms with Crippen molar-refractivity contribution in [3.05, 3.63) is 28.1 Å². The van der Waals surface area contributed by atoms with E-state index in [0.717, 1.165) is 46.8 Å². The molecular formula is C15H24N6OS. The van der Waals surface area contributed by atoms with E-state index in [0.29, 0.717) is 6.54 Å². The smallest absolute Gasteiger partial charge is 0.191 e. The fourth-order valence-electron chi connectivity index (χ4n) is 2.14. The van der Waals surface area contributed by atoms with Crippen LogP contribution in [0.25, 0.3) is 0 Å². The second-order valence-corrected chi connectivity index (χ2v) is 6.26. The molecule has 23 heavy (non-hydrogen) atoms. The molecule has 0 saturated heterocycles. The molecule has 0 aliphatic rings. The number of nitrogens with one attached hydrogen (secondary N) is 2. The van der Waals surface area contributed by atoms with Crippen LogP contribution in [0.5, 0.6) is 0 Å². The van der Waals surface area contributed by atoms with Gasteiger partial charge in [0.1, 0.15) is 5.76 Å². The van der Waals surface area contributed by atoms with Crippen molar-refractivity contribution in [2.24, 2.45) is 4.99 Å². The number of aliphatic imine (C=N–C) groups is 1. The minimum atomic E-state index is 0.648. The van der Waals surface area contributed by atoms with E-state index >= 15 is 0 Å². The normalized spacial score (nSPS) is 11.6. The van der Waals surface area contributed by atoms with Crippen molar-refractivity contribution in [3.8, 4) is 0 Å². The van der Waals surface area contributed by atoms with Crippen LogP contribution in [0.15, 0.2) is 14.9 Å². The monoisotopic (exact) mass is 336 g/mol. The van der Waals surface area contributed by atoms with Gasteiger partial charge in [-0.1, -0.05) is 5.16 Å². The molecule has 0 amide bonds. The third kappa shape index (κ3) is 4.69. The van der Waals surface area contributed by atoms with E-state index in [2.05, 4.69) is 31.1 Å². The van der Waals surface area contributed by atoms with Crippen molar-refractivity contribution in [2.45, 2.75) is 26.8 Å². The van der Waals surface area contributed by atoms with Gasteiger partial charge in [-0.25, -0.2) is 4.98 Å². The maximum atomic E-state index is 5.17. The molecule has 0 aliphatic carbocycles. The zero-order valence-electron chi connectivity index (χ0n) is 14.3. The lowest BCUT2D eigenvalue weighted by atomic mass is 10.1. The third-order valence-corrected chi connectivity index (χ3v) is 4.49. The van der Waals surface area contributed by atoms with Gasteiger partial charge in [-0.05, 0) is 20.3 Å². The molecular weight excluding hydrogens is 312 g/mol. The van der Waals surface area contributed by atoms with Gasteiger partial charge < -0.3 is 20.1 Å². The summed E-state index contributed by atoms with van der Waals surface area (Å²) in [7, 11) is 5.74. The van der Waals surface area contributed by atoms with Crippen molar-refractivity contribution < 1.29 is 4.52 Å². The highest BCUT2D eigenvalue weighted by atomic mass is 32.1. The standard InChI is InChI=1S/C15H24N6OS/c1-10-13(11(2)22-20-10)6-7-17-14(16-3)18-8-12-9-23-15(19-12)21(4)5/h9H,6-8H2,1-5H3,(H2,16,17,18). The molecule has 0 fully saturated rings. The third-order valence-electron chi connectivity index (χ3n) is 3.43. The summed E-state index contributed by atoms with van der Waals surface area (Å²) in [6.07, 6.45) is 0.851. The zero-order valence-corrected chi connectivity index (χ0v) is 15.1. The van der Waals surface area contributed by atoms with E-state index in [4.69, 9.17) is 4.52 Å². The zero-order chi connectivity index (χ0) is 16.8. The number of hydrogen-bond donors (Lipinski definition) is 2. The van der Waals surface area contributed by atoms with Crippen LogP contribution < -0.4 is 15.5 Å². The fourth-order valence-corrected chi connectivity index (χ4v) is 2.90. The molecule has 0 atom stereocenters. The van der Waals surface area contributed by atoms with Gasteiger partial charge >= 0.3 is 0 Å². The van der Waals surface area contributed by atoms with E-state index in [9.17, 15) is 0 Å². The molecule has 0 unspecified atom stereocenters. The summed E-state index contributed by atoms with van der Waals surface area (Å²) in [6.45, 7) is 5.31. The molecule has 8 heteroatoms. The Labute approximate surface area is 140 Å². The van der Waals surface area contributed by atoms with Crippen molar-refractivity contribution in [2.75, 3.05) is 32.6 Å². The lowest BCUT2D eigenvalue weighted by Gasteiger charge is -2.11. The Bertz CT molecular complexity index is 641. The first-order chi connectivity index (χ1) is 11.0. The number of thiazole rings is 1. The minimum Gasteiger partial charge on any atom is -0.361 e. The first kappa shape index (κ1) is 17.3. The minimum absolute atomic E-state index is 0.648. The van der Waals surface area contributed by atoms with Gasteiger partial charge in [-0.2, -0.15) is 0 Å². The summed E-state index contributed by atoms with van der Waals surface area (Å²) < 4.78 is 5.17. The van der Waals surface area contributed by atoms with Gasteiger partial charge in [-0.15, -0.1) is 11.3 Å². The Morgan fingerprint density at radius 2 is 2.13 bits per heavy atom. The molecule has 2 rings (SSSR count). The highest BCUT2D eigenvalue weighted by Crippen LogP contribution is 2.17. The van der Waals surface area contributed by atoms with Gasteiger partial charge in [0.05, 0.1) is 17.9 Å². The molecule has 0 spiro atoms. The maximum absolute atomic E-state index is 5.17. The maximum Gasteiger partial charge on any atom is 0.191 e. The summed E-state index contributed by atoms with van der Waals surface area (Å²) in [6, 6.07) is 0. The van der Waals surface area contributed by atoms with Crippen molar-refractivity contribution in [1.82, 2.24) is 20.8 Å². The topological polar surface area (TPSA) is 78.6 Å². The molecule has 0 saturated carbocycles. The van der Waals surface area contributed by atoms with Crippen LogP contribution in [0.2, 0.25) is 0 Å². The Balaban J connectivity index is 1.79. The van der Waals surface area contributed by atoms with Gasteiger partial charge in [0, 0.05) is 38.6 Å². The van der Waals surface area contributed by atoms with Crippen LogP contribution in [-0.2, 0) is 13.0 Å². The summed E-state index contributed by atoms with van der Waals surface area (Å²) >= 11 is 1.63. The number of rotatable bonds is 6. The average Bonchev–Trinajstić information content (AvgIpc) is 3.12. The summed E-state index contributed by atoms with van der Waals surface area (Å²) in [5.74, 6) is 1.64. The molecule has 126 valence electrons. The van der Waals surface area contributed by atoms with E-state index < -0.39 is 0 Å². The van der Waals surface area contributed by atoms with Crippen molar-refractivity contribution in [3.63, 3.8) is 0 Å². The van der Waals surface area contributed by atoms with Crippen molar-refractivity contribution in [1.29, 1.82) is 0 Å². The fraction of sp³-hybridized carbons (Fsp3) is 0.533. The van der Waals surface area contributed by atoms with Crippen molar-refractivity contribution >= 4 is 22.4 Å². The van der Waals surface area contributed by atoms with E-state index in [-0.39, 0.29) is 0 Å². The summed E-state index contributed by atoms with van der Waals surface area (Å²) in [5.41, 5.74) is 3.11. The molecule has 0 radical (unpaired) electrons. The second kappa shape index (κ2) is 7.96. The lowest BCUT2D eigenvalue weighted by Crippen LogP contribution is -2.38. The van der Waals surface area contributed by atoms with E-state index in [1.54, 1.807) is 18.4 Å². The number of nitrogens with zero attached hydrogens (tertiary/aromatic N) is 4. The lowest BCUT2D eigenvalue weighted by molar-refractivity contribution is 0.392. The molecule has 2 N–H and O–H groups in total. The quantitative estimate of drug-likeness (QED) is 0.618. The van der Waals surface area contributed by atoms with E-state index in [1.165, 1.54) is 0 Å². The molecule has 2 heterocycles. The highest BCUT2D eigenvalue weighted by molar-refractivity contribution is 7.13. The van der Waals surface area contributed by atoms with Gasteiger partial charge in [-0.3, -0.25) is 4.99 Å². The van der Waals surface area contributed by atoms with Crippen LogP contribution in [-0.4, -0.2) is 43.8 Å². The Hall–Kier alpha value is -2.09. The Morgan fingerprint density at radius 3 is 2.70 bits per heavy atom. The van der Waals surface area contributed by atoms with Crippen LogP contribution >= 0.6 is 11.3 Å². The molecule has 0 aromatic carbocycles. The molecule has 0 bridgehead atoms. The number of hydrogen-bond acceptors (Lipinski definition) is 6. The number of aromatic nitrogens is 2. The Kier molecular flexibility index (Phi) is 5.97. The number of anilines is 1. The largest absolute Gasteiger partial charge is 0.361 e. The number of aryl methyl sites for hydroxylation is 2. The molecule has 2 aromatic rings. The number of guanidine groups is 1. The predicted molar refractivity (Wildman–Crippen MR) is 94.3 cm³/mol. The van der Waals surface area contributed by atoms with Crippen LogP contribution in [0, 0.1) is 13.8 Å². The summed E-state index contributed by atoms with van der Waals surface area (Å²) in [5, 5.41) is 13.6. The molecule has 0 aliphatic heterocycles. The average molecular weight is 336 g/mol. The first-order valence-electron chi connectivity index (χ1n) is 7.49. The summed E-state index contributed by atoms with van der Waals surface area (Å²) in [4.78, 5) is 10.8. The predicted octanol–water partition coefficient (Wildman–Crippen LogP) is 1.72. The van der Waals surface area contributed by atoms with Gasteiger partial charge in [0.15, 0.2) is 11.1 Å². The second-order valence-electron chi connectivity index (χ2n) is 5.42. The molecule has 2 aromatic heterocycles. The SMILES string of the molecule is CN=C(NCCc1c(C)noc1C)NCc1csc(N(C)C)n1. The van der Waals surface area contributed by atoms with E-state index in [1.807, 2.05) is 32.8 Å². The highest BCUT2D eigenvalue weighted by Gasteiger charge is 2.09. The van der Waals surface area contributed by atoms with Crippen LogP contribution in [0.1, 0.15) is 22.7 Å².